The van der Waals surface area contributed by atoms with E-state index in [0.29, 0.717) is 11.0 Å². The van der Waals surface area contributed by atoms with Gasteiger partial charge in [0.25, 0.3) is 0 Å². The fourth-order valence-electron chi connectivity index (χ4n) is 1.68. The van der Waals surface area contributed by atoms with Gasteiger partial charge in [-0.15, -0.1) is 0 Å². The van der Waals surface area contributed by atoms with E-state index in [9.17, 15) is 4.21 Å². The summed E-state index contributed by atoms with van der Waals surface area (Å²) in [6.45, 7) is 4.23. The Morgan fingerprint density at radius 3 is 2.06 bits per heavy atom. The molecule has 0 amide bonds. The van der Waals surface area contributed by atoms with Crippen molar-refractivity contribution in [3.63, 3.8) is 0 Å². The van der Waals surface area contributed by atoms with Gasteiger partial charge in [0.1, 0.15) is 0 Å². The number of aliphatic hydroxyl groups is 1. The quantitative estimate of drug-likeness (QED) is 0.830. The summed E-state index contributed by atoms with van der Waals surface area (Å²) in [5.74, 6) is 0.623. The van der Waals surface area contributed by atoms with Gasteiger partial charge in [-0.25, -0.2) is 0 Å². The number of aliphatic hydroxyl groups excluding tert-OH is 1. The van der Waals surface area contributed by atoms with Crippen molar-refractivity contribution in [2.75, 3.05) is 0 Å². The smallest absolute Gasteiger partial charge is 0.0681 e. The van der Waals surface area contributed by atoms with Gasteiger partial charge in [0.05, 0.1) is 6.61 Å². The second-order valence-electron chi connectivity index (χ2n) is 3.94. The maximum absolute atomic E-state index is 12.0. The topological polar surface area (TPSA) is 37.3 Å². The van der Waals surface area contributed by atoms with Gasteiger partial charge < -0.3 is 5.11 Å². The summed E-state index contributed by atoms with van der Waals surface area (Å²) in [6, 6.07) is 7.68. The lowest BCUT2D eigenvalue weighted by molar-refractivity contribution is 0.282. The second kappa shape index (κ2) is 6.81. The molecule has 2 nitrogen and oxygen atoms in total. The van der Waals surface area contributed by atoms with Gasteiger partial charge in [-0.2, -0.15) is 0 Å². The van der Waals surface area contributed by atoms with Crippen molar-refractivity contribution in [1.29, 1.82) is 0 Å². The number of hydrogen-bond acceptors (Lipinski definition) is 2. The summed E-state index contributed by atoms with van der Waals surface area (Å²) in [5.41, 5.74) is 1.99. The summed E-state index contributed by atoms with van der Waals surface area (Å²) >= 11 is 0. The van der Waals surface area contributed by atoms with E-state index in [4.69, 9.17) is 5.11 Å². The Kier molecular flexibility index (Phi) is 5.71. The summed E-state index contributed by atoms with van der Waals surface area (Å²) in [7, 11) is -0.780. The second-order valence-corrected chi connectivity index (χ2v) is 5.66. The van der Waals surface area contributed by atoms with E-state index < -0.39 is 10.8 Å². The lowest BCUT2D eigenvalue weighted by atomic mass is 10.2. The highest BCUT2D eigenvalue weighted by molar-refractivity contribution is 7.84. The first-order chi connectivity index (χ1) is 7.71. The predicted molar refractivity (Wildman–Crippen MR) is 68.6 cm³/mol. The minimum Gasteiger partial charge on any atom is -0.392 e. The first-order valence-corrected chi connectivity index (χ1v) is 7.15. The molecule has 0 aromatic heterocycles. The van der Waals surface area contributed by atoms with Crippen LogP contribution in [0.4, 0.5) is 0 Å². The minimum absolute atomic E-state index is 0.0654. The first kappa shape index (κ1) is 13.4. The predicted octanol–water partition coefficient (Wildman–Crippen LogP) is 2.62. The molecule has 0 radical (unpaired) electrons. The molecule has 1 unspecified atom stereocenters. The zero-order chi connectivity index (χ0) is 12.0. The van der Waals surface area contributed by atoms with Gasteiger partial charge in [-0.05, 0) is 24.0 Å². The SMILES string of the molecule is CCC(CC)S(=O)Cc1ccc(CO)cc1. The van der Waals surface area contributed by atoms with E-state index in [-0.39, 0.29) is 6.61 Å². The van der Waals surface area contributed by atoms with E-state index in [1.165, 1.54) is 0 Å². The molecule has 0 aliphatic rings. The standard InChI is InChI=1S/C13H20O2S/c1-3-13(4-2)16(15)10-12-7-5-11(9-14)6-8-12/h5-8,13-14H,3-4,9-10H2,1-2H3. The average Bonchev–Trinajstić information content (AvgIpc) is 2.31. The maximum Gasteiger partial charge on any atom is 0.0681 e. The molecule has 0 heterocycles. The van der Waals surface area contributed by atoms with Crippen LogP contribution in [0.1, 0.15) is 37.8 Å². The van der Waals surface area contributed by atoms with Crippen molar-refractivity contribution in [2.24, 2.45) is 0 Å². The monoisotopic (exact) mass is 240 g/mol. The minimum atomic E-state index is -0.780. The van der Waals surface area contributed by atoms with Crippen LogP contribution in [0.5, 0.6) is 0 Å². The highest BCUT2D eigenvalue weighted by Gasteiger charge is 2.12. The molecular weight excluding hydrogens is 220 g/mol. The van der Waals surface area contributed by atoms with Crippen LogP contribution in [-0.4, -0.2) is 14.6 Å². The Bertz CT molecular complexity index is 328. The third-order valence-electron chi connectivity index (χ3n) is 2.80. The van der Waals surface area contributed by atoms with E-state index >= 15 is 0 Å². The molecule has 0 saturated carbocycles. The number of hydrogen-bond donors (Lipinski definition) is 1. The zero-order valence-corrected chi connectivity index (χ0v) is 10.8. The van der Waals surface area contributed by atoms with Crippen LogP contribution < -0.4 is 0 Å². The molecule has 90 valence electrons. The van der Waals surface area contributed by atoms with E-state index in [2.05, 4.69) is 13.8 Å². The molecule has 1 atom stereocenters. The van der Waals surface area contributed by atoms with Crippen molar-refractivity contribution in [1.82, 2.24) is 0 Å². The molecular formula is C13H20O2S. The fourth-order valence-corrected chi connectivity index (χ4v) is 3.18. The maximum atomic E-state index is 12.0. The molecule has 1 N–H and O–H groups in total. The molecule has 16 heavy (non-hydrogen) atoms. The van der Waals surface area contributed by atoms with Gasteiger partial charge in [0.15, 0.2) is 0 Å². The summed E-state index contributed by atoms with van der Waals surface area (Å²) < 4.78 is 12.0. The van der Waals surface area contributed by atoms with Crippen LogP contribution >= 0.6 is 0 Å². The zero-order valence-electron chi connectivity index (χ0n) is 9.98. The number of benzene rings is 1. The van der Waals surface area contributed by atoms with Gasteiger partial charge in [0, 0.05) is 21.8 Å². The van der Waals surface area contributed by atoms with Crippen LogP contribution in [0.3, 0.4) is 0 Å². The van der Waals surface area contributed by atoms with E-state index in [1.807, 2.05) is 24.3 Å². The molecule has 0 aliphatic heterocycles. The van der Waals surface area contributed by atoms with Gasteiger partial charge in [-0.1, -0.05) is 38.1 Å². The Morgan fingerprint density at radius 1 is 1.12 bits per heavy atom. The summed E-state index contributed by atoms with van der Waals surface area (Å²) in [5, 5.41) is 9.22. The van der Waals surface area contributed by atoms with Crippen molar-refractivity contribution < 1.29 is 9.32 Å². The van der Waals surface area contributed by atoms with Crippen LogP contribution in [0, 0.1) is 0 Å². The van der Waals surface area contributed by atoms with Crippen LogP contribution in [-0.2, 0) is 23.2 Å². The third-order valence-corrected chi connectivity index (χ3v) is 4.83. The molecule has 1 rings (SSSR count). The molecule has 1 aromatic carbocycles. The van der Waals surface area contributed by atoms with Crippen molar-refractivity contribution in [2.45, 2.75) is 44.3 Å². The summed E-state index contributed by atoms with van der Waals surface area (Å²) in [4.78, 5) is 0. The van der Waals surface area contributed by atoms with Gasteiger partial charge in [-0.3, -0.25) is 4.21 Å². The van der Waals surface area contributed by atoms with Gasteiger partial charge in [0.2, 0.25) is 0 Å². The Labute approximate surface area is 100 Å². The number of rotatable bonds is 6. The molecule has 0 bridgehead atoms. The Hall–Kier alpha value is -0.670. The molecule has 3 heteroatoms. The average molecular weight is 240 g/mol. The van der Waals surface area contributed by atoms with Gasteiger partial charge >= 0.3 is 0 Å². The van der Waals surface area contributed by atoms with Crippen molar-refractivity contribution in [3.05, 3.63) is 35.4 Å². The van der Waals surface area contributed by atoms with Crippen molar-refractivity contribution >= 4 is 10.8 Å². The fraction of sp³-hybridized carbons (Fsp3) is 0.538. The molecule has 0 spiro atoms. The molecule has 1 aromatic rings. The van der Waals surface area contributed by atoms with Crippen molar-refractivity contribution in [3.8, 4) is 0 Å². The van der Waals surface area contributed by atoms with Crippen LogP contribution in [0.2, 0.25) is 0 Å². The lowest BCUT2D eigenvalue weighted by Gasteiger charge is -2.12. The molecule has 0 fully saturated rings. The van der Waals surface area contributed by atoms with Crippen LogP contribution in [0.25, 0.3) is 0 Å². The lowest BCUT2D eigenvalue weighted by Crippen LogP contribution is -2.14. The highest BCUT2D eigenvalue weighted by atomic mass is 32.2. The normalized spacial score (nSPS) is 13.0. The Balaban J connectivity index is 2.62. The van der Waals surface area contributed by atoms with E-state index in [1.54, 1.807) is 0 Å². The largest absolute Gasteiger partial charge is 0.392 e. The summed E-state index contributed by atoms with van der Waals surface area (Å²) in [6.07, 6.45) is 1.94. The highest BCUT2D eigenvalue weighted by Crippen LogP contribution is 2.13. The van der Waals surface area contributed by atoms with Crippen LogP contribution in [0.15, 0.2) is 24.3 Å². The molecule has 0 saturated heterocycles. The molecule has 0 aliphatic carbocycles. The third kappa shape index (κ3) is 3.72. The van der Waals surface area contributed by atoms with E-state index in [0.717, 1.165) is 24.0 Å². The first-order valence-electron chi connectivity index (χ1n) is 5.77. The Morgan fingerprint density at radius 2 is 1.62 bits per heavy atom.